The molecule has 134 valence electrons. The number of carbonyl (C=O) groups excluding carboxylic acids is 1. The molecule has 3 aromatic rings. The van der Waals surface area contributed by atoms with Crippen molar-refractivity contribution in [2.45, 2.75) is 32.6 Å². The van der Waals surface area contributed by atoms with Crippen molar-refractivity contribution in [1.29, 1.82) is 0 Å². The number of fused-ring (bicyclic) bond motifs is 1. The first-order valence-corrected chi connectivity index (χ1v) is 9.37. The number of rotatable bonds is 5. The Labute approximate surface area is 155 Å². The Kier molecular flexibility index (Phi) is 4.77. The molecule has 4 heterocycles. The molecule has 1 aliphatic rings. The van der Waals surface area contributed by atoms with Crippen LogP contribution in [0.3, 0.4) is 0 Å². The van der Waals surface area contributed by atoms with Crippen LogP contribution < -0.4 is 5.32 Å². The first kappa shape index (κ1) is 16.9. The highest BCUT2D eigenvalue weighted by Gasteiger charge is 2.30. The van der Waals surface area contributed by atoms with Crippen LogP contribution in [0.25, 0.3) is 0 Å². The molecule has 8 heteroatoms. The normalized spacial score (nSPS) is 17.0. The Hall–Kier alpha value is -2.58. The molecule has 7 nitrogen and oxygen atoms in total. The van der Waals surface area contributed by atoms with Gasteiger partial charge < -0.3 is 9.88 Å². The summed E-state index contributed by atoms with van der Waals surface area (Å²) in [6.07, 6.45) is 7.08. The van der Waals surface area contributed by atoms with Gasteiger partial charge in [-0.25, -0.2) is 9.97 Å². The number of nitrogens with zero attached hydrogens (tertiary/aromatic N) is 5. The highest BCUT2D eigenvalue weighted by Crippen LogP contribution is 2.24. The number of pyridine rings is 1. The largest absolute Gasteiger partial charge is 0.350 e. The van der Waals surface area contributed by atoms with Crippen LogP contribution in [0.4, 0.5) is 0 Å². The van der Waals surface area contributed by atoms with Gasteiger partial charge in [-0.3, -0.25) is 14.7 Å². The predicted octanol–water partition coefficient (Wildman–Crippen LogP) is 1.92. The third-order valence-corrected chi connectivity index (χ3v) is 5.52. The standard InChI is InChI=1S/C18H20N6OS/c1-13-17(26-12-22-13)10-23-8-15-7-20-11-24(15)16(9-23)18(25)21-6-14-3-2-4-19-5-14/h2-5,7,11-12,16H,6,8-10H2,1H3,(H,21,25)/t16-/m0/s1. The van der Waals surface area contributed by atoms with E-state index in [-0.39, 0.29) is 11.9 Å². The quantitative estimate of drug-likeness (QED) is 0.745. The number of nitrogens with one attached hydrogen (secondary N) is 1. The molecule has 0 bridgehead atoms. The van der Waals surface area contributed by atoms with E-state index in [0.717, 1.165) is 30.0 Å². The average molecular weight is 368 g/mol. The molecule has 3 aromatic heterocycles. The zero-order chi connectivity index (χ0) is 17.9. The summed E-state index contributed by atoms with van der Waals surface area (Å²) in [5.74, 6) is -0.00108. The fraction of sp³-hybridized carbons (Fsp3) is 0.333. The molecule has 1 aliphatic heterocycles. The summed E-state index contributed by atoms with van der Waals surface area (Å²) in [4.78, 5) is 29.0. The summed E-state index contributed by atoms with van der Waals surface area (Å²) >= 11 is 1.66. The average Bonchev–Trinajstić information content (AvgIpc) is 3.29. The molecule has 0 saturated carbocycles. The number of thiazole rings is 1. The first-order valence-electron chi connectivity index (χ1n) is 8.49. The van der Waals surface area contributed by atoms with Gasteiger partial charge in [0.15, 0.2) is 0 Å². The van der Waals surface area contributed by atoms with Crippen LogP contribution in [0.1, 0.15) is 27.9 Å². The van der Waals surface area contributed by atoms with Crippen LogP contribution in [0, 0.1) is 6.92 Å². The zero-order valence-electron chi connectivity index (χ0n) is 14.5. The minimum atomic E-state index is -0.286. The lowest BCUT2D eigenvalue weighted by molar-refractivity contribution is -0.125. The second-order valence-corrected chi connectivity index (χ2v) is 7.36. The van der Waals surface area contributed by atoms with Crippen molar-refractivity contribution < 1.29 is 4.79 Å². The van der Waals surface area contributed by atoms with Crippen LogP contribution in [0.15, 0.2) is 42.6 Å². The van der Waals surface area contributed by atoms with Crippen LogP contribution in [0.5, 0.6) is 0 Å². The van der Waals surface area contributed by atoms with Crippen LogP contribution >= 0.6 is 11.3 Å². The monoisotopic (exact) mass is 368 g/mol. The predicted molar refractivity (Wildman–Crippen MR) is 98.3 cm³/mol. The van der Waals surface area contributed by atoms with Gasteiger partial charge in [0, 0.05) is 49.6 Å². The Morgan fingerprint density at radius 2 is 2.31 bits per heavy atom. The van der Waals surface area contributed by atoms with Gasteiger partial charge in [-0.15, -0.1) is 11.3 Å². The summed E-state index contributed by atoms with van der Waals surface area (Å²) in [5, 5.41) is 3.03. The van der Waals surface area contributed by atoms with E-state index in [2.05, 4.69) is 25.2 Å². The Balaban J connectivity index is 1.47. The van der Waals surface area contributed by atoms with E-state index in [1.54, 1.807) is 30.1 Å². The number of hydrogen-bond donors (Lipinski definition) is 1. The van der Waals surface area contributed by atoms with Crippen molar-refractivity contribution in [1.82, 2.24) is 29.7 Å². The van der Waals surface area contributed by atoms with Gasteiger partial charge in [-0.2, -0.15) is 0 Å². The number of hydrogen-bond acceptors (Lipinski definition) is 6. The van der Waals surface area contributed by atoms with Crippen molar-refractivity contribution >= 4 is 17.2 Å². The maximum absolute atomic E-state index is 12.8. The molecule has 0 unspecified atom stereocenters. The van der Waals surface area contributed by atoms with Gasteiger partial charge in [0.25, 0.3) is 0 Å². The molecular weight excluding hydrogens is 348 g/mol. The molecule has 0 fully saturated rings. The van der Waals surface area contributed by atoms with Gasteiger partial charge in [0.2, 0.25) is 5.91 Å². The van der Waals surface area contributed by atoms with E-state index in [4.69, 9.17) is 0 Å². The fourth-order valence-corrected chi connectivity index (χ4v) is 4.00. The Bertz CT molecular complexity index is 890. The summed E-state index contributed by atoms with van der Waals surface area (Å²) in [5.41, 5.74) is 4.97. The molecule has 1 atom stereocenters. The molecule has 0 aliphatic carbocycles. The number of aryl methyl sites for hydroxylation is 1. The summed E-state index contributed by atoms with van der Waals surface area (Å²) in [7, 11) is 0. The molecule has 0 radical (unpaired) electrons. The highest BCUT2D eigenvalue weighted by atomic mass is 32.1. The van der Waals surface area contributed by atoms with Crippen molar-refractivity contribution in [3.8, 4) is 0 Å². The maximum Gasteiger partial charge on any atom is 0.244 e. The molecule has 1 N–H and O–H groups in total. The molecule has 26 heavy (non-hydrogen) atoms. The Morgan fingerprint density at radius 3 is 3.08 bits per heavy atom. The van der Waals surface area contributed by atoms with Crippen molar-refractivity contribution in [2.24, 2.45) is 0 Å². The van der Waals surface area contributed by atoms with Crippen LogP contribution in [-0.2, 0) is 24.4 Å². The minimum absolute atomic E-state index is 0.00108. The van der Waals surface area contributed by atoms with E-state index in [1.165, 1.54) is 4.88 Å². The molecule has 0 aromatic carbocycles. The van der Waals surface area contributed by atoms with E-state index in [1.807, 2.05) is 35.3 Å². The molecule has 0 spiro atoms. The first-order chi connectivity index (χ1) is 12.7. The zero-order valence-corrected chi connectivity index (χ0v) is 15.3. The van der Waals surface area contributed by atoms with Crippen LogP contribution in [-0.4, -0.2) is 36.9 Å². The summed E-state index contributed by atoms with van der Waals surface area (Å²) < 4.78 is 1.98. The lowest BCUT2D eigenvalue weighted by Crippen LogP contribution is -2.44. The second-order valence-electron chi connectivity index (χ2n) is 6.42. The number of aromatic nitrogens is 4. The number of imidazole rings is 1. The summed E-state index contributed by atoms with van der Waals surface area (Å²) in [6.45, 7) is 4.73. The van der Waals surface area contributed by atoms with Crippen molar-refractivity contribution in [3.63, 3.8) is 0 Å². The number of amides is 1. The van der Waals surface area contributed by atoms with Gasteiger partial charge in [0.1, 0.15) is 6.04 Å². The van der Waals surface area contributed by atoms with E-state index >= 15 is 0 Å². The highest BCUT2D eigenvalue weighted by molar-refractivity contribution is 7.09. The molecule has 0 saturated heterocycles. The summed E-state index contributed by atoms with van der Waals surface area (Å²) in [6, 6.07) is 3.54. The lowest BCUT2D eigenvalue weighted by Gasteiger charge is -2.33. The SMILES string of the molecule is Cc1ncsc1CN1Cc2cncn2[C@H](C(=O)NCc2cccnc2)C1. The minimum Gasteiger partial charge on any atom is -0.350 e. The van der Waals surface area contributed by atoms with Gasteiger partial charge in [-0.05, 0) is 18.6 Å². The number of carbonyl (C=O) groups is 1. The van der Waals surface area contributed by atoms with Gasteiger partial charge in [-0.1, -0.05) is 6.07 Å². The second kappa shape index (κ2) is 7.35. The van der Waals surface area contributed by atoms with Crippen molar-refractivity contribution in [2.75, 3.05) is 6.54 Å². The van der Waals surface area contributed by atoms with Crippen molar-refractivity contribution in [3.05, 3.63) is 64.4 Å². The van der Waals surface area contributed by atoms with E-state index in [0.29, 0.717) is 13.1 Å². The third-order valence-electron chi connectivity index (χ3n) is 4.60. The lowest BCUT2D eigenvalue weighted by atomic mass is 10.1. The Morgan fingerprint density at radius 1 is 1.38 bits per heavy atom. The van der Waals surface area contributed by atoms with Gasteiger partial charge in [0.05, 0.1) is 23.2 Å². The van der Waals surface area contributed by atoms with Gasteiger partial charge >= 0.3 is 0 Å². The third kappa shape index (κ3) is 3.51. The molecule has 1 amide bonds. The smallest absolute Gasteiger partial charge is 0.244 e. The van der Waals surface area contributed by atoms with E-state index in [9.17, 15) is 4.79 Å². The van der Waals surface area contributed by atoms with E-state index < -0.39 is 0 Å². The maximum atomic E-state index is 12.8. The molecular formula is C18H20N6OS. The molecule has 4 rings (SSSR count). The fourth-order valence-electron chi connectivity index (χ4n) is 3.18. The van der Waals surface area contributed by atoms with Crippen LogP contribution in [0.2, 0.25) is 0 Å². The topological polar surface area (TPSA) is 75.9 Å².